The second-order valence-corrected chi connectivity index (χ2v) is 2.75. The average molecular weight is 152 g/mol. The highest BCUT2D eigenvalue weighted by Crippen LogP contribution is 2.33. The molecule has 0 aliphatic heterocycles. The molecule has 1 atom stereocenters. The predicted molar refractivity (Wildman–Crippen MR) is 39.7 cm³/mol. The van der Waals surface area contributed by atoms with Crippen molar-refractivity contribution < 1.29 is 5.11 Å². The SMILES string of the molecule is CC(N)C1(O)CCC1.Cl. The minimum absolute atomic E-state index is 0. The second-order valence-electron chi connectivity index (χ2n) is 2.75. The lowest BCUT2D eigenvalue weighted by molar-refractivity contribution is -0.0501. The van der Waals surface area contributed by atoms with Crippen molar-refractivity contribution in [2.24, 2.45) is 5.73 Å². The highest BCUT2D eigenvalue weighted by molar-refractivity contribution is 5.85. The first-order chi connectivity index (χ1) is 3.65. The van der Waals surface area contributed by atoms with E-state index in [0.29, 0.717) is 0 Å². The van der Waals surface area contributed by atoms with Crippen LogP contribution in [-0.4, -0.2) is 16.7 Å². The van der Waals surface area contributed by atoms with E-state index in [1.165, 1.54) is 0 Å². The van der Waals surface area contributed by atoms with Crippen molar-refractivity contribution in [3.63, 3.8) is 0 Å². The van der Waals surface area contributed by atoms with Gasteiger partial charge in [-0.3, -0.25) is 0 Å². The van der Waals surface area contributed by atoms with E-state index < -0.39 is 5.60 Å². The first-order valence-corrected chi connectivity index (χ1v) is 3.13. The minimum atomic E-state index is -0.500. The standard InChI is InChI=1S/C6H13NO.ClH/c1-5(7)6(8)3-2-4-6;/h5,8H,2-4,7H2,1H3;1H. The fourth-order valence-corrected chi connectivity index (χ4v) is 0.994. The summed E-state index contributed by atoms with van der Waals surface area (Å²) in [5.41, 5.74) is 4.98. The van der Waals surface area contributed by atoms with E-state index in [4.69, 9.17) is 5.73 Å². The van der Waals surface area contributed by atoms with Crippen LogP contribution in [-0.2, 0) is 0 Å². The predicted octanol–water partition coefficient (Wildman–Crippen LogP) is 0.670. The molecule has 3 heteroatoms. The molecular weight excluding hydrogens is 138 g/mol. The van der Waals surface area contributed by atoms with E-state index in [-0.39, 0.29) is 18.4 Å². The molecule has 1 rings (SSSR count). The normalized spacial score (nSPS) is 25.7. The van der Waals surface area contributed by atoms with E-state index in [2.05, 4.69) is 0 Å². The molecule has 1 aliphatic carbocycles. The Hall–Kier alpha value is 0.210. The van der Waals surface area contributed by atoms with Gasteiger partial charge in [0.2, 0.25) is 0 Å². The van der Waals surface area contributed by atoms with Gasteiger partial charge in [0.1, 0.15) is 0 Å². The molecule has 0 aromatic rings. The van der Waals surface area contributed by atoms with Crippen LogP contribution in [0.1, 0.15) is 26.2 Å². The largest absolute Gasteiger partial charge is 0.388 e. The highest BCUT2D eigenvalue weighted by Gasteiger charge is 2.37. The molecule has 1 fully saturated rings. The monoisotopic (exact) mass is 151 g/mol. The van der Waals surface area contributed by atoms with E-state index in [9.17, 15) is 5.11 Å². The lowest BCUT2D eigenvalue weighted by Gasteiger charge is -2.39. The van der Waals surface area contributed by atoms with Crippen molar-refractivity contribution in [1.82, 2.24) is 0 Å². The van der Waals surface area contributed by atoms with Crippen LogP contribution in [0.15, 0.2) is 0 Å². The van der Waals surface area contributed by atoms with Crippen molar-refractivity contribution in [1.29, 1.82) is 0 Å². The van der Waals surface area contributed by atoms with Gasteiger partial charge < -0.3 is 10.8 Å². The summed E-state index contributed by atoms with van der Waals surface area (Å²) in [4.78, 5) is 0. The van der Waals surface area contributed by atoms with Crippen molar-refractivity contribution in [2.75, 3.05) is 0 Å². The molecule has 0 aromatic carbocycles. The zero-order valence-corrected chi connectivity index (χ0v) is 6.45. The highest BCUT2D eigenvalue weighted by atomic mass is 35.5. The summed E-state index contributed by atoms with van der Waals surface area (Å²) in [6.07, 6.45) is 2.92. The summed E-state index contributed by atoms with van der Waals surface area (Å²) < 4.78 is 0. The van der Waals surface area contributed by atoms with Gasteiger partial charge in [-0.25, -0.2) is 0 Å². The van der Waals surface area contributed by atoms with Gasteiger partial charge in [0.05, 0.1) is 5.60 Å². The molecule has 0 spiro atoms. The molecular formula is C6H14ClNO. The van der Waals surface area contributed by atoms with Gasteiger partial charge in [0.15, 0.2) is 0 Å². The summed E-state index contributed by atoms with van der Waals surface area (Å²) in [7, 11) is 0. The topological polar surface area (TPSA) is 46.2 Å². The molecule has 1 aliphatic rings. The van der Waals surface area contributed by atoms with Crippen molar-refractivity contribution in [2.45, 2.75) is 37.8 Å². The van der Waals surface area contributed by atoms with Crippen molar-refractivity contribution in [3.05, 3.63) is 0 Å². The quantitative estimate of drug-likeness (QED) is 0.579. The smallest absolute Gasteiger partial charge is 0.0795 e. The van der Waals surface area contributed by atoms with Crippen LogP contribution < -0.4 is 5.73 Å². The molecule has 0 bridgehead atoms. The summed E-state index contributed by atoms with van der Waals surface area (Å²) in [6, 6.07) is -0.0451. The first kappa shape index (κ1) is 9.21. The Morgan fingerprint density at radius 3 is 2.00 bits per heavy atom. The number of halogens is 1. The summed E-state index contributed by atoms with van der Waals surface area (Å²) in [5, 5.41) is 9.36. The Morgan fingerprint density at radius 2 is 2.00 bits per heavy atom. The minimum Gasteiger partial charge on any atom is -0.388 e. The summed E-state index contributed by atoms with van der Waals surface area (Å²) in [5.74, 6) is 0. The molecule has 1 unspecified atom stereocenters. The summed E-state index contributed by atoms with van der Waals surface area (Å²) in [6.45, 7) is 1.86. The van der Waals surface area contributed by atoms with Gasteiger partial charge in [-0.15, -0.1) is 12.4 Å². The second kappa shape index (κ2) is 2.86. The van der Waals surface area contributed by atoms with Crippen LogP contribution in [0.5, 0.6) is 0 Å². The van der Waals surface area contributed by atoms with Crippen LogP contribution in [0.2, 0.25) is 0 Å². The number of hydrogen-bond acceptors (Lipinski definition) is 2. The maximum absolute atomic E-state index is 9.36. The third kappa shape index (κ3) is 1.57. The van der Waals surface area contributed by atoms with Crippen LogP contribution >= 0.6 is 12.4 Å². The zero-order chi connectivity index (χ0) is 6.20. The van der Waals surface area contributed by atoms with Gasteiger partial charge in [-0.05, 0) is 26.2 Å². The molecule has 56 valence electrons. The van der Waals surface area contributed by atoms with E-state index in [1.807, 2.05) is 6.92 Å². The van der Waals surface area contributed by atoms with Gasteiger partial charge >= 0.3 is 0 Å². The number of nitrogens with two attached hydrogens (primary N) is 1. The Balaban J connectivity index is 0.000000640. The molecule has 0 amide bonds. The lowest BCUT2D eigenvalue weighted by Crippen LogP contribution is -2.51. The molecule has 0 heterocycles. The zero-order valence-electron chi connectivity index (χ0n) is 5.63. The third-order valence-corrected chi connectivity index (χ3v) is 2.07. The Morgan fingerprint density at radius 1 is 1.56 bits per heavy atom. The van der Waals surface area contributed by atoms with Gasteiger partial charge in [0.25, 0.3) is 0 Å². The van der Waals surface area contributed by atoms with Gasteiger partial charge in [0, 0.05) is 6.04 Å². The molecule has 0 aromatic heterocycles. The fourth-order valence-electron chi connectivity index (χ4n) is 0.994. The molecule has 1 saturated carbocycles. The lowest BCUT2D eigenvalue weighted by atomic mass is 9.76. The third-order valence-electron chi connectivity index (χ3n) is 2.07. The maximum atomic E-state index is 9.36. The van der Waals surface area contributed by atoms with Crippen LogP contribution in [0.25, 0.3) is 0 Å². The van der Waals surface area contributed by atoms with E-state index >= 15 is 0 Å². The van der Waals surface area contributed by atoms with Crippen LogP contribution in [0.3, 0.4) is 0 Å². The molecule has 3 N–H and O–H groups in total. The molecule has 9 heavy (non-hydrogen) atoms. The van der Waals surface area contributed by atoms with Crippen LogP contribution in [0.4, 0.5) is 0 Å². The number of hydrogen-bond donors (Lipinski definition) is 2. The van der Waals surface area contributed by atoms with Gasteiger partial charge in [-0.1, -0.05) is 0 Å². The van der Waals surface area contributed by atoms with E-state index in [0.717, 1.165) is 19.3 Å². The van der Waals surface area contributed by atoms with E-state index in [1.54, 1.807) is 0 Å². The number of aliphatic hydroxyl groups is 1. The van der Waals surface area contributed by atoms with Gasteiger partial charge in [-0.2, -0.15) is 0 Å². The molecule has 0 radical (unpaired) electrons. The van der Waals surface area contributed by atoms with Crippen molar-refractivity contribution >= 4 is 12.4 Å². The Labute approximate surface area is 61.8 Å². The maximum Gasteiger partial charge on any atom is 0.0795 e. The average Bonchev–Trinajstić information content (AvgIpc) is 1.60. The summed E-state index contributed by atoms with van der Waals surface area (Å²) >= 11 is 0. The number of rotatable bonds is 1. The molecule has 0 saturated heterocycles. The molecule has 2 nitrogen and oxygen atoms in total. The first-order valence-electron chi connectivity index (χ1n) is 3.13. The van der Waals surface area contributed by atoms with Crippen LogP contribution in [0, 0.1) is 0 Å². The Bertz CT molecular complexity index is 91.1. The Kier molecular flexibility index (Phi) is 2.93. The van der Waals surface area contributed by atoms with Crippen molar-refractivity contribution in [3.8, 4) is 0 Å². The fraction of sp³-hybridized carbons (Fsp3) is 1.00.